The molecule has 35 heavy (non-hydrogen) atoms. The van der Waals surface area contributed by atoms with Crippen LogP contribution in [0.4, 0.5) is 5.69 Å². The fourth-order valence-corrected chi connectivity index (χ4v) is 4.33. The third-order valence-corrected chi connectivity index (χ3v) is 6.05. The maximum atomic E-state index is 13.4. The van der Waals surface area contributed by atoms with Crippen LogP contribution < -0.4 is 5.32 Å². The number of carbonyl (C=O) groups excluding carboxylic acids is 2. The van der Waals surface area contributed by atoms with E-state index in [1.165, 1.54) is 7.11 Å². The Kier molecular flexibility index (Phi) is 6.22. The van der Waals surface area contributed by atoms with Crippen LogP contribution in [0.15, 0.2) is 96.3 Å². The van der Waals surface area contributed by atoms with Crippen molar-refractivity contribution >= 4 is 34.1 Å². The van der Waals surface area contributed by atoms with E-state index in [-0.39, 0.29) is 18.4 Å². The van der Waals surface area contributed by atoms with Gasteiger partial charge in [-0.2, -0.15) is 0 Å². The second-order valence-corrected chi connectivity index (χ2v) is 8.34. The highest BCUT2D eigenvalue weighted by Crippen LogP contribution is 2.24. The van der Waals surface area contributed by atoms with Crippen molar-refractivity contribution in [2.24, 2.45) is 5.16 Å². The van der Waals surface area contributed by atoms with E-state index in [1.807, 2.05) is 66.7 Å². The Balaban J connectivity index is 1.37. The Morgan fingerprint density at radius 3 is 2.51 bits per heavy atom. The van der Waals surface area contributed by atoms with Crippen molar-refractivity contribution < 1.29 is 14.4 Å². The molecule has 0 aliphatic carbocycles. The summed E-state index contributed by atoms with van der Waals surface area (Å²) in [5.41, 5.74) is 4.74. The maximum absolute atomic E-state index is 13.4. The van der Waals surface area contributed by atoms with E-state index in [9.17, 15) is 9.59 Å². The van der Waals surface area contributed by atoms with E-state index in [4.69, 9.17) is 4.84 Å². The van der Waals surface area contributed by atoms with E-state index < -0.39 is 6.04 Å². The van der Waals surface area contributed by atoms with Crippen molar-refractivity contribution in [1.29, 1.82) is 0 Å². The number of nitrogens with zero attached hydrogens (tertiary/aromatic N) is 3. The van der Waals surface area contributed by atoms with Crippen LogP contribution in [0.3, 0.4) is 0 Å². The zero-order valence-corrected chi connectivity index (χ0v) is 19.2. The van der Waals surface area contributed by atoms with Gasteiger partial charge in [-0.05, 0) is 47.5 Å². The first kappa shape index (κ1) is 22.3. The number of aromatic nitrogens is 1. The number of likely N-dealkylation sites (tertiary alicyclic amines) is 1. The molecular formula is C28H24N4O3. The number of benzene rings is 3. The Labute approximate surface area is 203 Å². The molecule has 7 heteroatoms. The van der Waals surface area contributed by atoms with Crippen LogP contribution in [0.5, 0.6) is 0 Å². The minimum Gasteiger partial charge on any atom is -0.399 e. The quantitative estimate of drug-likeness (QED) is 0.432. The van der Waals surface area contributed by atoms with Crippen molar-refractivity contribution in [3.63, 3.8) is 0 Å². The lowest BCUT2D eigenvalue weighted by Crippen LogP contribution is -2.43. The number of nitrogens with one attached hydrogen (secondary N) is 1. The lowest BCUT2D eigenvalue weighted by Gasteiger charge is -2.23. The van der Waals surface area contributed by atoms with Crippen molar-refractivity contribution in [3.05, 3.63) is 96.7 Å². The zero-order valence-electron chi connectivity index (χ0n) is 19.2. The van der Waals surface area contributed by atoms with Crippen LogP contribution in [0.1, 0.15) is 16.8 Å². The third-order valence-electron chi connectivity index (χ3n) is 6.05. The summed E-state index contributed by atoms with van der Waals surface area (Å²) in [5.74, 6) is -0.502. The van der Waals surface area contributed by atoms with Crippen molar-refractivity contribution in [2.75, 3.05) is 19.0 Å². The summed E-state index contributed by atoms with van der Waals surface area (Å²) >= 11 is 0. The number of rotatable bonds is 5. The number of fused-ring (bicyclic) bond motifs is 1. The molecule has 1 saturated heterocycles. The normalized spacial score (nSPS) is 16.4. The fraction of sp³-hybridized carbons (Fsp3) is 0.143. The predicted octanol–water partition coefficient (Wildman–Crippen LogP) is 4.76. The highest BCUT2D eigenvalue weighted by atomic mass is 16.6. The summed E-state index contributed by atoms with van der Waals surface area (Å²) in [6.07, 6.45) is 2.04. The van der Waals surface area contributed by atoms with Crippen molar-refractivity contribution in [2.45, 2.75) is 12.5 Å². The molecule has 2 amide bonds. The first-order chi connectivity index (χ1) is 17.1. The molecule has 4 aromatic rings. The van der Waals surface area contributed by atoms with Gasteiger partial charge in [0.1, 0.15) is 13.2 Å². The lowest BCUT2D eigenvalue weighted by molar-refractivity contribution is -0.119. The van der Waals surface area contributed by atoms with Gasteiger partial charge in [-0.15, -0.1) is 0 Å². The van der Waals surface area contributed by atoms with Gasteiger partial charge in [0.2, 0.25) is 5.91 Å². The molecule has 5 rings (SSSR count). The molecule has 0 bridgehead atoms. The van der Waals surface area contributed by atoms with E-state index in [1.54, 1.807) is 29.3 Å². The number of carbonyl (C=O) groups is 2. The second-order valence-electron chi connectivity index (χ2n) is 8.34. The number of oxime groups is 1. The number of anilines is 1. The van der Waals surface area contributed by atoms with Gasteiger partial charge in [0.15, 0.2) is 0 Å². The molecule has 1 aromatic heterocycles. The SMILES string of the molecule is CO/N=C1\CC(C(=O)Nc2ccc3ncccc3c2)N(C(=O)c2ccc(-c3ccccc3)cc2)C1. The molecule has 0 saturated carbocycles. The van der Waals surface area contributed by atoms with Gasteiger partial charge in [0.05, 0.1) is 17.8 Å². The number of pyridine rings is 1. The lowest BCUT2D eigenvalue weighted by atomic mass is 10.0. The van der Waals surface area contributed by atoms with Gasteiger partial charge < -0.3 is 15.1 Å². The molecule has 1 fully saturated rings. The summed E-state index contributed by atoms with van der Waals surface area (Å²) in [6.45, 7) is 0.229. The van der Waals surface area contributed by atoms with Gasteiger partial charge in [-0.25, -0.2) is 0 Å². The number of hydrogen-bond acceptors (Lipinski definition) is 5. The van der Waals surface area contributed by atoms with Crippen molar-refractivity contribution in [1.82, 2.24) is 9.88 Å². The van der Waals surface area contributed by atoms with Crippen LogP contribution in [0.25, 0.3) is 22.0 Å². The molecule has 3 aromatic carbocycles. The Hall–Kier alpha value is -4.52. The van der Waals surface area contributed by atoms with Gasteiger partial charge in [-0.3, -0.25) is 14.6 Å². The molecule has 2 heterocycles. The minimum absolute atomic E-state index is 0.228. The van der Waals surface area contributed by atoms with Gasteiger partial charge in [-0.1, -0.05) is 53.7 Å². The molecule has 1 N–H and O–H groups in total. The molecule has 1 unspecified atom stereocenters. The van der Waals surface area contributed by atoms with E-state index >= 15 is 0 Å². The summed E-state index contributed by atoms with van der Waals surface area (Å²) in [5, 5.41) is 7.89. The van der Waals surface area contributed by atoms with E-state index in [0.717, 1.165) is 22.0 Å². The molecule has 1 atom stereocenters. The van der Waals surface area contributed by atoms with Crippen LogP contribution in [-0.4, -0.2) is 47.1 Å². The smallest absolute Gasteiger partial charge is 0.254 e. The Morgan fingerprint density at radius 2 is 1.74 bits per heavy atom. The predicted molar refractivity (Wildman–Crippen MR) is 136 cm³/mol. The monoisotopic (exact) mass is 464 g/mol. The number of amides is 2. The molecule has 1 aliphatic heterocycles. The molecule has 174 valence electrons. The number of hydrogen-bond donors (Lipinski definition) is 1. The average Bonchev–Trinajstić information content (AvgIpc) is 3.33. The summed E-state index contributed by atoms with van der Waals surface area (Å²) in [4.78, 5) is 37.5. The largest absolute Gasteiger partial charge is 0.399 e. The standard InChI is InChI=1S/C28H24N4O3/c1-35-31-24-17-26(27(33)30-23-13-14-25-22(16-23)8-5-15-29-25)32(18-24)28(34)21-11-9-20(10-12-21)19-6-3-2-4-7-19/h2-16,26H,17-18H2,1H3,(H,30,33)/b31-24+. The van der Waals surface area contributed by atoms with Crippen molar-refractivity contribution in [3.8, 4) is 11.1 Å². The van der Waals surface area contributed by atoms with Crippen LogP contribution in [0, 0.1) is 0 Å². The average molecular weight is 465 g/mol. The Bertz CT molecular complexity index is 1400. The fourth-order valence-electron chi connectivity index (χ4n) is 4.33. The molecule has 0 spiro atoms. The summed E-state index contributed by atoms with van der Waals surface area (Å²) < 4.78 is 0. The third kappa shape index (κ3) is 4.75. The molecular weight excluding hydrogens is 440 g/mol. The molecule has 0 radical (unpaired) electrons. The maximum Gasteiger partial charge on any atom is 0.254 e. The van der Waals surface area contributed by atoms with Crippen LogP contribution in [0.2, 0.25) is 0 Å². The van der Waals surface area contributed by atoms with E-state index in [2.05, 4.69) is 15.5 Å². The summed E-state index contributed by atoms with van der Waals surface area (Å²) in [6, 6.07) is 26.0. The zero-order chi connectivity index (χ0) is 24.2. The van der Waals surface area contributed by atoms with Crippen LogP contribution in [-0.2, 0) is 9.63 Å². The highest BCUT2D eigenvalue weighted by Gasteiger charge is 2.38. The second kappa shape index (κ2) is 9.77. The highest BCUT2D eigenvalue weighted by molar-refractivity contribution is 6.08. The Morgan fingerprint density at radius 1 is 0.971 bits per heavy atom. The van der Waals surface area contributed by atoms with Gasteiger partial charge in [0.25, 0.3) is 5.91 Å². The van der Waals surface area contributed by atoms with Gasteiger partial charge >= 0.3 is 0 Å². The topological polar surface area (TPSA) is 83.9 Å². The minimum atomic E-state index is -0.699. The van der Waals surface area contributed by atoms with Gasteiger partial charge in [0, 0.05) is 29.3 Å². The van der Waals surface area contributed by atoms with E-state index in [0.29, 0.717) is 23.4 Å². The first-order valence-electron chi connectivity index (χ1n) is 11.3. The molecule has 7 nitrogen and oxygen atoms in total. The first-order valence-corrected chi connectivity index (χ1v) is 11.3. The van der Waals surface area contributed by atoms with Crippen LogP contribution >= 0.6 is 0 Å². The summed E-state index contributed by atoms with van der Waals surface area (Å²) in [7, 11) is 1.46. The molecule has 1 aliphatic rings.